The Morgan fingerprint density at radius 1 is 1.24 bits per heavy atom. The smallest absolute Gasteiger partial charge is 0.311 e. The van der Waals surface area contributed by atoms with Crippen LogP contribution in [0.15, 0.2) is 48.5 Å². The largest absolute Gasteiger partial charge is 0.479 e. The molecule has 1 N–H and O–H groups in total. The van der Waals surface area contributed by atoms with Crippen LogP contribution < -0.4 is 10.1 Å². The third-order valence-electron chi connectivity index (χ3n) is 3.17. The molecule has 0 aliphatic rings. The predicted octanol–water partition coefficient (Wildman–Crippen LogP) is 3.45. The zero-order valence-corrected chi connectivity index (χ0v) is 12.1. The number of rotatable bonds is 6. The summed E-state index contributed by atoms with van der Waals surface area (Å²) < 4.78 is 5.76. The van der Waals surface area contributed by atoms with E-state index in [4.69, 9.17) is 4.74 Å². The molecule has 0 radical (unpaired) electrons. The maximum atomic E-state index is 11.2. The number of hydrogen-bond donors (Lipinski definition) is 1. The van der Waals surface area contributed by atoms with Crippen LogP contribution in [0.3, 0.4) is 0 Å². The van der Waals surface area contributed by atoms with E-state index < -0.39 is 4.92 Å². The summed E-state index contributed by atoms with van der Waals surface area (Å²) in [6, 6.07) is 14.7. The lowest BCUT2D eigenvalue weighted by molar-refractivity contribution is -0.386. The molecule has 0 aromatic heterocycles. The van der Waals surface area contributed by atoms with Crippen LogP contribution in [-0.4, -0.2) is 12.0 Å². The molecule has 2 aromatic rings. The van der Waals surface area contributed by atoms with Crippen LogP contribution in [0.4, 0.5) is 5.69 Å². The first-order chi connectivity index (χ1) is 10.1. The SMILES string of the molecule is CNCc1ccc(OC(C)c2ccccc2)c([N+](=O)[O-])c1. The third-order valence-corrected chi connectivity index (χ3v) is 3.17. The Hall–Kier alpha value is -2.40. The second-order valence-electron chi connectivity index (χ2n) is 4.76. The lowest BCUT2D eigenvalue weighted by Gasteiger charge is -2.15. The number of ether oxygens (including phenoxy) is 1. The molecule has 0 saturated heterocycles. The first-order valence-electron chi connectivity index (χ1n) is 6.75. The van der Waals surface area contributed by atoms with Crippen LogP contribution in [-0.2, 0) is 6.54 Å². The molecule has 5 heteroatoms. The van der Waals surface area contributed by atoms with Crippen molar-refractivity contribution in [2.24, 2.45) is 0 Å². The van der Waals surface area contributed by atoms with Gasteiger partial charge in [0.1, 0.15) is 6.10 Å². The molecule has 0 fully saturated rings. The van der Waals surface area contributed by atoms with Crippen molar-refractivity contribution in [2.75, 3.05) is 7.05 Å². The van der Waals surface area contributed by atoms with Crippen molar-refractivity contribution < 1.29 is 9.66 Å². The summed E-state index contributed by atoms with van der Waals surface area (Å²) in [6.45, 7) is 2.45. The van der Waals surface area contributed by atoms with Crippen molar-refractivity contribution in [3.05, 3.63) is 69.8 Å². The number of nitrogens with one attached hydrogen (secondary N) is 1. The van der Waals surface area contributed by atoms with E-state index in [1.54, 1.807) is 19.2 Å². The quantitative estimate of drug-likeness (QED) is 0.652. The van der Waals surface area contributed by atoms with Gasteiger partial charge in [0.25, 0.3) is 0 Å². The fourth-order valence-electron chi connectivity index (χ4n) is 2.10. The molecule has 2 aromatic carbocycles. The van der Waals surface area contributed by atoms with Gasteiger partial charge in [-0.05, 0) is 31.2 Å². The summed E-state index contributed by atoms with van der Waals surface area (Å²) in [5, 5.41) is 14.2. The van der Waals surface area contributed by atoms with Crippen LogP contribution in [0.25, 0.3) is 0 Å². The van der Waals surface area contributed by atoms with E-state index >= 15 is 0 Å². The molecule has 0 aliphatic heterocycles. The van der Waals surface area contributed by atoms with Crippen molar-refractivity contribution in [3.63, 3.8) is 0 Å². The van der Waals surface area contributed by atoms with E-state index in [1.165, 1.54) is 0 Å². The van der Waals surface area contributed by atoms with Gasteiger partial charge in [-0.25, -0.2) is 0 Å². The van der Waals surface area contributed by atoms with E-state index in [0.29, 0.717) is 6.54 Å². The second-order valence-corrected chi connectivity index (χ2v) is 4.76. The minimum Gasteiger partial charge on any atom is -0.479 e. The van der Waals surface area contributed by atoms with Crippen LogP contribution in [0.1, 0.15) is 24.2 Å². The minimum atomic E-state index is -0.411. The monoisotopic (exact) mass is 286 g/mol. The second kappa shape index (κ2) is 6.85. The Kier molecular flexibility index (Phi) is 4.90. The van der Waals surface area contributed by atoms with Gasteiger partial charge in [-0.15, -0.1) is 0 Å². The fourth-order valence-corrected chi connectivity index (χ4v) is 2.10. The van der Waals surface area contributed by atoms with Crippen LogP contribution in [0.2, 0.25) is 0 Å². The van der Waals surface area contributed by atoms with Gasteiger partial charge in [-0.2, -0.15) is 0 Å². The summed E-state index contributed by atoms with van der Waals surface area (Å²) in [5.41, 5.74) is 1.82. The minimum absolute atomic E-state index is 0.00877. The number of benzene rings is 2. The highest BCUT2D eigenvalue weighted by molar-refractivity contribution is 5.49. The van der Waals surface area contributed by atoms with Crippen molar-refractivity contribution >= 4 is 5.69 Å². The standard InChI is InChI=1S/C16H18N2O3/c1-12(14-6-4-3-5-7-14)21-16-9-8-13(11-17-2)10-15(16)18(19)20/h3-10,12,17H,11H2,1-2H3. The van der Waals surface area contributed by atoms with Crippen LogP contribution in [0.5, 0.6) is 5.75 Å². The normalized spacial score (nSPS) is 11.9. The summed E-state index contributed by atoms with van der Waals surface area (Å²) >= 11 is 0. The van der Waals surface area contributed by atoms with E-state index in [1.807, 2.05) is 43.3 Å². The van der Waals surface area contributed by atoms with Crippen molar-refractivity contribution in [2.45, 2.75) is 19.6 Å². The number of nitro benzene ring substituents is 1. The predicted molar refractivity (Wildman–Crippen MR) is 81.3 cm³/mol. The first-order valence-corrected chi connectivity index (χ1v) is 6.75. The van der Waals surface area contributed by atoms with E-state index in [0.717, 1.165) is 11.1 Å². The summed E-state index contributed by atoms with van der Waals surface area (Å²) in [5.74, 6) is 0.288. The molecule has 110 valence electrons. The average Bonchev–Trinajstić information content (AvgIpc) is 2.49. The van der Waals surface area contributed by atoms with Crippen LogP contribution in [0, 0.1) is 10.1 Å². The third kappa shape index (κ3) is 3.79. The van der Waals surface area contributed by atoms with E-state index in [2.05, 4.69) is 5.32 Å². The highest BCUT2D eigenvalue weighted by Gasteiger charge is 2.18. The van der Waals surface area contributed by atoms with E-state index in [9.17, 15) is 10.1 Å². The number of hydrogen-bond acceptors (Lipinski definition) is 4. The highest BCUT2D eigenvalue weighted by Crippen LogP contribution is 2.31. The molecule has 2 rings (SSSR count). The Labute approximate surface area is 123 Å². The molecule has 5 nitrogen and oxygen atoms in total. The van der Waals surface area contributed by atoms with Crippen molar-refractivity contribution in [1.29, 1.82) is 0 Å². The van der Waals surface area contributed by atoms with Crippen molar-refractivity contribution in [3.8, 4) is 5.75 Å². The Morgan fingerprint density at radius 3 is 2.57 bits per heavy atom. The molecule has 0 bridgehead atoms. The average molecular weight is 286 g/mol. The number of nitrogens with zero attached hydrogens (tertiary/aromatic N) is 1. The molecule has 1 unspecified atom stereocenters. The zero-order chi connectivity index (χ0) is 15.2. The van der Waals surface area contributed by atoms with Gasteiger partial charge in [0, 0.05) is 12.6 Å². The van der Waals surface area contributed by atoms with Crippen molar-refractivity contribution in [1.82, 2.24) is 5.32 Å². The lowest BCUT2D eigenvalue weighted by Crippen LogP contribution is -2.07. The van der Waals surface area contributed by atoms with Gasteiger partial charge in [-0.1, -0.05) is 36.4 Å². The maximum absolute atomic E-state index is 11.2. The summed E-state index contributed by atoms with van der Waals surface area (Å²) in [7, 11) is 1.80. The Morgan fingerprint density at radius 2 is 1.95 bits per heavy atom. The fraction of sp³-hybridized carbons (Fsp3) is 0.250. The van der Waals surface area contributed by atoms with Gasteiger partial charge in [-0.3, -0.25) is 10.1 Å². The van der Waals surface area contributed by atoms with Gasteiger partial charge in [0.15, 0.2) is 5.75 Å². The Bertz CT molecular complexity index is 614. The maximum Gasteiger partial charge on any atom is 0.311 e. The molecule has 0 aliphatic carbocycles. The molecule has 0 amide bonds. The lowest BCUT2D eigenvalue weighted by atomic mass is 10.1. The van der Waals surface area contributed by atoms with Gasteiger partial charge in [0.05, 0.1) is 4.92 Å². The summed E-state index contributed by atoms with van der Waals surface area (Å²) in [6.07, 6.45) is -0.250. The molecular weight excluding hydrogens is 268 g/mol. The Balaban J connectivity index is 2.25. The molecule has 0 saturated carbocycles. The molecule has 0 heterocycles. The van der Waals surface area contributed by atoms with Crippen LogP contribution >= 0.6 is 0 Å². The first kappa shape index (κ1) is 15.0. The highest BCUT2D eigenvalue weighted by atomic mass is 16.6. The summed E-state index contributed by atoms with van der Waals surface area (Å²) in [4.78, 5) is 10.8. The van der Waals surface area contributed by atoms with Gasteiger partial charge in [0.2, 0.25) is 0 Å². The zero-order valence-electron chi connectivity index (χ0n) is 12.1. The van der Waals surface area contributed by atoms with E-state index in [-0.39, 0.29) is 17.5 Å². The topological polar surface area (TPSA) is 64.4 Å². The molecule has 0 spiro atoms. The van der Waals surface area contributed by atoms with Gasteiger partial charge >= 0.3 is 5.69 Å². The molecule has 1 atom stereocenters. The number of nitro groups is 1. The molecular formula is C16H18N2O3. The van der Waals surface area contributed by atoms with Gasteiger partial charge < -0.3 is 10.1 Å². The molecule has 21 heavy (non-hydrogen) atoms.